The summed E-state index contributed by atoms with van der Waals surface area (Å²) >= 11 is 3.03. The van der Waals surface area contributed by atoms with Gasteiger partial charge in [0, 0.05) is 11.3 Å². The van der Waals surface area contributed by atoms with E-state index >= 15 is 0 Å². The number of carbonyl (C=O) groups is 2. The van der Waals surface area contributed by atoms with Gasteiger partial charge in [-0.2, -0.15) is 4.68 Å². The number of hydrogen-bond acceptors (Lipinski definition) is 6. The van der Waals surface area contributed by atoms with Gasteiger partial charge in [0.2, 0.25) is 5.91 Å². The molecule has 0 atom stereocenters. The topological polar surface area (TPSA) is 128 Å². The van der Waals surface area contributed by atoms with Gasteiger partial charge >= 0.3 is 5.82 Å². The van der Waals surface area contributed by atoms with Gasteiger partial charge in [-0.05, 0) is 57.3 Å². The van der Waals surface area contributed by atoms with Crippen LogP contribution in [0.3, 0.4) is 0 Å². The fraction of sp³-hybridized carbons (Fsp3) is 0.105. The first-order valence-corrected chi connectivity index (χ1v) is 9.38. The molecule has 30 heavy (non-hydrogen) atoms. The second-order valence-electron chi connectivity index (χ2n) is 6.04. The molecule has 1 aromatic heterocycles. The van der Waals surface area contributed by atoms with E-state index in [0.29, 0.717) is 22.7 Å². The number of ether oxygens (including phenoxy) is 1. The quantitative estimate of drug-likeness (QED) is 0.399. The molecule has 2 amide bonds. The number of carbonyl (C=O) groups excluding carboxylic acids is 2. The number of benzene rings is 2. The third kappa shape index (κ3) is 5.00. The van der Waals surface area contributed by atoms with Crippen LogP contribution in [0.4, 0.5) is 17.2 Å². The SMILES string of the molecule is COc1ccccc1NC(=O)c1ccc(NC(=O)Cn2cc(Br)c([N+](=O)[O-])n2)cc1. The van der Waals surface area contributed by atoms with Crippen molar-refractivity contribution in [1.29, 1.82) is 0 Å². The van der Waals surface area contributed by atoms with Crippen LogP contribution in [0.5, 0.6) is 5.75 Å². The van der Waals surface area contributed by atoms with Gasteiger partial charge < -0.3 is 25.5 Å². The maximum absolute atomic E-state index is 12.4. The zero-order chi connectivity index (χ0) is 21.7. The van der Waals surface area contributed by atoms with Gasteiger partial charge in [-0.25, -0.2) is 0 Å². The highest BCUT2D eigenvalue weighted by molar-refractivity contribution is 9.10. The molecule has 0 aliphatic rings. The number of rotatable bonds is 7. The van der Waals surface area contributed by atoms with Gasteiger partial charge in [0.15, 0.2) is 0 Å². The van der Waals surface area contributed by atoms with E-state index < -0.39 is 10.8 Å². The first kappa shape index (κ1) is 21.0. The van der Waals surface area contributed by atoms with E-state index in [-0.39, 0.29) is 22.7 Å². The van der Waals surface area contributed by atoms with Crippen LogP contribution < -0.4 is 15.4 Å². The molecule has 3 rings (SSSR count). The van der Waals surface area contributed by atoms with Crippen LogP contribution in [-0.2, 0) is 11.3 Å². The van der Waals surface area contributed by atoms with E-state index in [1.54, 1.807) is 48.5 Å². The monoisotopic (exact) mass is 473 g/mol. The summed E-state index contributed by atoms with van der Waals surface area (Å²) in [5.74, 6) is -0.578. The van der Waals surface area contributed by atoms with Gasteiger partial charge in [-0.15, -0.1) is 0 Å². The molecule has 0 aliphatic heterocycles. The van der Waals surface area contributed by atoms with Crippen molar-refractivity contribution in [1.82, 2.24) is 9.78 Å². The minimum Gasteiger partial charge on any atom is -0.495 e. The molecular weight excluding hydrogens is 458 g/mol. The molecule has 2 aromatic carbocycles. The molecule has 0 saturated carbocycles. The molecule has 2 N–H and O–H groups in total. The van der Waals surface area contributed by atoms with Gasteiger partial charge in [-0.1, -0.05) is 12.1 Å². The Bertz CT molecular complexity index is 1100. The zero-order valence-corrected chi connectivity index (χ0v) is 17.3. The van der Waals surface area contributed by atoms with Gasteiger partial charge in [0.25, 0.3) is 5.91 Å². The van der Waals surface area contributed by atoms with E-state index in [1.165, 1.54) is 13.3 Å². The number of nitro groups is 1. The number of anilines is 2. The van der Waals surface area contributed by atoms with Gasteiger partial charge in [0.05, 0.1) is 24.1 Å². The summed E-state index contributed by atoms with van der Waals surface area (Å²) in [4.78, 5) is 34.7. The van der Waals surface area contributed by atoms with E-state index in [9.17, 15) is 19.7 Å². The molecule has 0 spiro atoms. The second-order valence-corrected chi connectivity index (χ2v) is 6.89. The Morgan fingerprint density at radius 2 is 1.87 bits per heavy atom. The molecule has 0 fully saturated rings. The Labute approximate surface area is 179 Å². The van der Waals surface area contributed by atoms with Gasteiger partial charge in [-0.3, -0.25) is 9.59 Å². The van der Waals surface area contributed by atoms with Crippen LogP contribution in [0.2, 0.25) is 0 Å². The summed E-state index contributed by atoms with van der Waals surface area (Å²) in [6.45, 7) is -0.206. The minimum absolute atomic E-state index is 0.186. The Morgan fingerprint density at radius 3 is 2.50 bits per heavy atom. The highest BCUT2D eigenvalue weighted by Gasteiger charge is 2.20. The van der Waals surface area contributed by atoms with E-state index in [4.69, 9.17) is 4.74 Å². The standard InChI is InChI=1S/C19H16BrN5O5/c1-30-16-5-3-2-4-15(16)22-19(27)12-6-8-13(9-7-12)21-17(26)11-24-10-14(20)18(23-24)25(28)29/h2-10H,11H2,1H3,(H,21,26)(H,22,27). The second kappa shape index (κ2) is 9.18. The molecule has 3 aromatic rings. The maximum Gasteiger partial charge on any atom is 0.404 e. The van der Waals surface area contributed by atoms with Crippen LogP contribution in [0.25, 0.3) is 0 Å². The first-order chi connectivity index (χ1) is 14.4. The largest absolute Gasteiger partial charge is 0.495 e. The third-order valence-corrected chi connectivity index (χ3v) is 4.52. The Balaban J connectivity index is 1.61. The van der Waals surface area contributed by atoms with Crippen LogP contribution in [0.1, 0.15) is 10.4 Å². The van der Waals surface area contributed by atoms with Crippen molar-refractivity contribution in [2.24, 2.45) is 0 Å². The number of aromatic nitrogens is 2. The lowest BCUT2D eigenvalue weighted by Gasteiger charge is -2.10. The van der Waals surface area contributed by atoms with Gasteiger partial charge in [0.1, 0.15) is 16.8 Å². The molecule has 0 saturated heterocycles. The number of methoxy groups -OCH3 is 1. The van der Waals surface area contributed by atoms with Crippen LogP contribution in [0, 0.1) is 10.1 Å². The minimum atomic E-state index is -0.646. The molecule has 0 unspecified atom stereocenters. The van der Waals surface area contributed by atoms with Crippen molar-refractivity contribution in [3.05, 3.63) is 74.9 Å². The highest BCUT2D eigenvalue weighted by atomic mass is 79.9. The van der Waals surface area contributed by atoms with Crippen molar-refractivity contribution in [2.75, 3.05) is 17.7 Å². The van der Waals surface area contributed by atoms with Crippen LogP contribution >= 0.6 is 15.9 Å². The molecule has 10 nitrogen and oxygen atoms in total. The summed E-state index contributed by atoms with van der Waals surface area (Å²) in [5.41, 5.74) is 1.40. The molecule has 11 heteroatoms. The van der Waals surface area contributed by atoms with E-state index in [1.807, 2.05) is 0 Å². The lowest BCUT2D eigenvalue weighted by Crippen LogP contribution is -2.19. The maximum atomic E-state index is 12.4. The number of halogens is 1. The lowest BCUT2D eigenvalue weighted by atomic mass is 10.2. The summed E-state index contributed by atoms with van der Waals surface area (Å²) in [6.07, 6.45) is 1.35. The normalized spacial score (nSPS) is 10.3. The van der Waals surface area contributed by atoms with Crippen molar-refractivity contribution < 1.29 is 19.2 Å². The fourth-order valence-electron chi connectivity index (χ4n) is 2.59. The number of para-hydroxylation sites is 2. The predicted octanol–water partition coefficient (Wildman–Crippen LogP) is 3.45. The Hall–Kier alpha value is -3.73. The smallest absolute Gasteiger partial charge is 0.404 e. The fourth-order valence-corrected chi connectivity index (χ4v) is 3.05. The summed E-state index contributed by atoms with van der Waals surface area (Å²) in [7, 11) is 1.52. The summed E-state index contributed by atoms with van der Waals surface area (Å²) < 4.78 is 6.55. The molecular formula is C19H16BrN5O5. The average molecular weight is 474 g/mol. The van der Waals surface area contributed by atoms with Crippen LogP contribution in [-0.4, -0.2) is 33.6 Å². The molecule has 0 radical (unpaired) electrons. The number of hydrogen-bond donors (Lipinski definition) is 2. The highest BCUT2D eigenvalue weighted by Crippen LogP contribution is 2.24. The number of nitrogens with one attached hydrogen (secondary N) is 2. The lowest BCUT2D eigenvalue weighted by molar-refractivity contribution is -0.390. The summed E-state index contributed by atoms with van der Waals surface area (Å²) in [5, 5.41) is 19.9. The summed E-state index contributed by atoms with van der Waals surface area (Å²) in [6, 6.07) is 13.3. The van der Waals surface area contributed by atoms with Crippen molar-refractivity contribution in [3.63, 3.8) is 0 Å². The van der Waals surface area contributed by atoms with Crippen LogP contribution in [0.15, 0.2) is 59.2 Å². The molecule has 0 aliphatic carbocycles. The van der Waals surface area contributed by atoms with E-state index in [2.05, 4.69) is 31.7 Å². The number of amides is 2. The molecule has 1 heterocycles. The van der Waals surface area contributed by atoms with Crippen molar-refractivity contribution in [2.45, 2.75) is 6.54 Å². The Kier molecular flexibility index (Phi) is 6.42. The first-order valence-electron chi connectivity index (χ1n) is 8.59. The van der Waals surface area contributed by atoms with Crippen molar-refractivity contribution >= 4 is 44.9 Å². The van der Waals surface area contributed by atoms with E-state index in [0.717, 1.165) is 4.68 Å². The average Bonchev–Trinajstić information content (AvgIpc) is 3.09. The zero-order valence-electron chi connectivity index (χ0n) is 15.7. The molecule has 0 bridgehead atoms. The predicted molar refractivity (Wildman–Crippen MR) is 113 cm³/mol. The molecule has 154 valence electrons. The number of nitrogens with zero attached hydrogens (tertiary/aromatic N) is 3. The van der Waals surface area contributed by atoms with Crippen molar-refractivity contribution in [3.8, 4) is 5.75 Å². The third-order valence-electron chi connectivity index (χ3n) is 3.96. The Morgan fingerprint density at radius 1 is 1.17 bits per heavy atom.